The number of carbonyl (C=O) groups excluding carboxylic acids is 1. The summed E-state index contributed by atoms with van der Waals surface area (Å²) in [5.41, 5.74) is 2.67. The second kappa shape index (κ2) is 12.0. The van der Waals surface area contributed by atoms with Crippen molar-refractivity contribution in [2.24, 2.45) is 0 Å². The molecule has 0 aliphatic heterocycles. The Bertz CT molecular complexity index is 935. The summed E-state index contributed by atoms with van der Waals surface area (Å²) in [5.74, 6) is 5.74. The van der Waals surface area contributed by atoms with Crippen molar-refractivity contribution in [3.05, 3.63) is 65.7 Å². The molecule has 5 heteroatoms. The van der Waals surface area contributed by atoms with E-state index in [1.165, 1.54) is 0 Å². The fraction of sp³-hybridized carbons (Fsp3) is 0.240. The highest BCUT2D eigenvalue weighted by Crippen LogP contribution is 2.28. The molecule has 5 nitrogen and oxygen atoms in total. The lowest BCUT2D eigenvalue weighted by atomic mass is 10.1. The van der Waals surface area contributed by atoms with E-state index in [1.54, 1.807) is 19.3 Å². The summed E-state index contributed by atoms with van der Waals surface area (Å²) in [6, 6.07) is 13.0. The number of terminal acetylenes is 2. The molecule has 1 atom stereocenters. The number of nitrogens with one attached hydrogen (secondary N) is 1. The predicted molar refractivity (Wildman–Crippen MR) is 118 cm³/mol. The van der Waals surface area contributed by atoms with Gasteiger partial charge in [0.25, 0.3) is 5.91 Å². The minimum Gasteiger partial charge on any atom is -0.493 e. The van der Waals surface area contributed by atoms with E-state index in [1.807, 2.05) is 36.4 Å². The number of hydrogen-bond acceptors (Lipinski definition) is 4. The molecule has 30 heavy (non-hydrogen) atoms. The van der Waals surface area contributed by atoms with Crippen LogP contribution in [-0.2, 0) is 16.0 Å². The number of carbonyl (C=O) groups is 1. The van der Waals surface area contributed by atoms with Crippen LogP contribution in [0.1, 0.15) is 22.8 Å². The van der Waals surface area contributed by atoms with E-state index in [2.05, 4.69) is 23.7 Å². The molecule has 2 aromatic rings. The molecule has 1 unspecified atom stereocenters. The SMILES string of the molecule is C#CCOc1ccc(CCNC(=O)C(OCC#C)c2ccc(C=C)cc2)cc1OC. The average molecular weight is 403 g/mol. The smallest absolute Gasteiger partial charge is 0.253 e. The second-order valence-corrected chi connectivity index (χ2v) is 6.28. The first-order valence-electron chi connectivity index (χ1n) is 9.41. The van der Waals surface area contributed by atoms with Crippen LogP contribution >= 0.6 is 0 Å². The molecule has 0 fully saturated rings. The zero-order chi connectivity index (χ0) is 21.8. The Balaban J connectivity index is 2.00. The number of benzene rings is 2. The summed E-state index contributed by atoms with van der Waals surface area (Å²) < 4.78 is 16.4. The van der Waals surface area contributed by atoms with Crippen molar-refractivity contribution in [2.45, 2.75) is 12.5 Å². The first-order valence-corrected chi connectivity index (χ1v) is 9.41. The van der Waals surface area contributed by atoms with Gasteiger partial charge in [0.2, 0.25) is 0 Å². The van der Waals surface area contributed by atoms with Crippen molar-refractivity contribution in [1.29, 1.82) is 0 Å². The third kappa shape index (κ3) is 6.44. The van der Waals surface area contributed by atoms with Gasteiger partial charge in [-0.1, -0.05) is 54.8 Å². The van der Waals surface area contributed by atoms with Gasteiger partial charge >= 0.3 is 0 Å². The zero-order valence-corrected chi connectivity index (χ0v) is 17.0. The maximum Gasteiger partial charge on any atom is 0.253 e. The molecule has 0 radical (unpaired) electrons. The molecule has 0 aromatic heterocycles. The van der Waals surface area contributed by atoms with E-state index >= 15 is 0 Å². The number of ether oxygens (including phenoxy) is 3. The van der Waals surface area contributed by atoms with Gasteiger partial charge < -0.3 is 19.5 Å². The molecular formula is C25H25NO4. The van der Waals surface area contributed by atoms with Gasteiger partial charge in [0.1, 0.15) is 13.2 Å². The van der Waals surface area contributed by atoms with Crippen LogP contribution < -0.4 is 14.8 Å². The maximum absolute atomic E-state index is 12.7. The highest BCUT2D eigenvalue weighted by Gasteiger charge is 2.20. The molecule has 0 bridgehead atoms. The highest BCUT2D eigenvalue weighted by atomic mass is 16.5. The maximum atomic E-state index is 12.7. The number of amides is 1. The Hall–Kier alpha value is -3.67. The van der Waals surface area contributed by atoms with Crippen LogP contribution in [0.2, 0.25) is 0 Å². The largest absolute Gasteiger partial charge is 0.493 e. The summed E-state index contributed by atoms with van der Waals surface area (Å²) >= 11 is 0. The van der Waals surface area contributed by atoms with E-state index in [0.717, 1.165) is 16.7 Å². The van der Waals surface area contributed by atoms with Crippen LogP contribution in [0.25, 0.3) is 6.08 Å². The van der Waals surface area contributed by atoms with Gasteiger partial charge in [-0.2, -0.15) is 0 Å². The summed E-state index contributed by atoms with van der Waals surface area (Å²) in [6.45, 7) is 4.36. The van der Waals surface area contributed by atoms with Crippen LogP contribution in [0, 0.1) is 24.7 Å². The van der Waals surface area contributed by atoms with E-state index in [0.29, 0.717) is 24.5 Å². The lowest BCUT2D eigenvalue weighted by molar-refractivity contribution is -0.132. The standard InChI is InChI=1S/C25H25NO4/c1-5-16-29-22-13-10-20(18-23(22)28-4)14-15-26-25(27)24(30-17-6-2)21-11-8-19(7-3)9-12-21/h1-2,7-13,18,24H,3,14-17H2,4H3,(H,26,27). The van der Waals surface area contributed by atoms with Crippen LogP contribution in [0.3, 0.4) is 0 Å². The molecule has 0 aliphatic rings. The Morgan fingerprint density at radius 2 is 1.87 bits per heavy atom. The molecule has 2 rings (SSSR count). The number of rotatable bonds is 11. The molecule has 0 aliphatic carbocycles. The minimum atomic E-state index is -0.783. The monoisotopic (exact) mass is 403 g/mol. The Morgan fingerprint density at radius 1 is 1.13 bits per heavy atom. The zero-order valence-electron chi connectivity index (χ0n) is 17.0. The lowest BCUT2D eigenvalue weighted by Gasteiger charge is -2.17. The molecule has 154 valence electrons. The van der Waals surface area contributed by atoms with Gasteiger partial charge in [-0.15, -0.1) is 12.8 Å². The fourth-order valence-electron chi connectivity index (χ4n) is 2.79. The van der Waals surface area contributed by atoms with Gasteiger partial charge in [0.05, 0.1) is 7.11 Å². The quantitative estimate of drug-likeness (QED) is 0.585. The van der Waals surface area contributed by atoms with Gasteiger partial charge in [0, 0.05) is 6.54 Å². The van der Waals surface area contributed by atoms with E-state index in [9.17, 15) is 4.79 Å². The summed E-state index contributed by atoms with van der Waals surface area (Å²) in [7, 11) is 1.56. The molecule has 0 heterocycles. The Labute approximate surface area is 178 Å². The summed E-state index contributed by atoms with van der Waals surface area (Å²) in [4.78, 5) is 12.7. The van der Waals surface area contributed by atoms with E-state index in [4.69, 9.17) is 27.1 Å². The summed E-state index contributed by atoms with van der Waals surface area (Å²) in [6.07, 6.45) is 12.1. The second-order valence-electron chi connectivity index (χ2n) is 6.28. The highest BCUT2D eigenvalue weighted by molar-refractivity contribution is 5.82. The molecule has 0 spiro atoms. The van der Waals surface area contributed by atoms with Gasteiger partial charge in [-0.3, -0.25) is 4.79 Å². The molecule has 1 amide bonds. The van der Waals surface area contributed by atoms with Crippen molar-refractivity contribution in [1.82, 2.24) is 5.32 Å². The van der Waals surface area contributed by atoms with Crippen molar-refractivity contribution < 1.29 is 19.0 Å². The molecule has 0 saturated carbocycles. The van der Waals surface area contributed by atoms with E-state index in [-0.39, 0.29) is 19.1 Å². The first kappa shape index (κ1) is 22.6. The summed E-state index contributed by atoms with van der Waals surface area (Å²) in [5, 5.41) is 2.90. The average Bonchev–Trinajstić information content (AvgIpc) is 2.78. The van der Waals surface area contributed by atoms with Crippen molar-refractivity contribution in [3.8, 4) is 36.2 Å². The van der Waals surface area contributed by atoms with Gasteiger partial charge in [-0.05, 0) is 35.2 Å². The molecule has 1 N–H and O–H groups in total. The van der Waals surface area contributed by atoms with Crippen LogP contribution in [0.5, 0.6) is 11.5 Å². The fourth-order valence-corrected chi connectivity index (χ4v) is 2.79. The first-order chi connectivity index (χ1) is 14.6. The van der Waals surface area contributed by atoms with Crippen molar-refractivity contribution in [2.75, 3.05) is 26.9 Å². The third-order valence-electron chi connectivity index (χ3n) is 4.30. The molecule has 0 saturated heterocycles. The molecular weight excluding hydrogens is 378 g/mol. The van der Waals surface area contributed by atoms with E-state index < -0.39 is 6.10 Å². The predicted octanol–water partition coefficient (Wildman–Crippen LogP) is 3.40. The number of hydrogen-bond donors (Lipinski definition) is 1. The molecule has 2 aromatic carbocycles. The normalized spacial score (nSPS) is 10.9. The van der Waals surface area contributed by atoms with Gasteiger partial charge in [-0.25, -0.2) is 0 Å². The minimum absolute atomic E-state index is 0.0393. The van der Waals surface area contributed by atoms with Crippen molar-refractivity contribution in [3.63, 3.8) is 0 Å². The Morgan fingerprint density at radius 3 is 2.50 bits per heavy atom. The number of methoxy groups -OCH3 is 1. The lowest BCUT2D eigenvalue weighted by Crippen LogP contribution is -2.32. The van der Waals surface area contributed by atoms with Crippen LogP contribution in [0.4, 0.5) is 0 Å². The van der Waals surface area contributed by atoms with Gasteiger partial charge in [0.15, 0.2) is 17.6 Å². The van der Waals surface area contributed by atoms with Crippen LogP contribution in [0.15, 0.2) is 49.0 Å². The topological polar surface area (TPSA) is 56.8 Å². The third-order valence-corrected chi connectivity index (χ3v) is 4.30. The van der Waals surface area contributed by atoms with Crippen LogP contribution in [-0.4, -0.2) is 32.8 Å². The van der Waals surface area contributed by atoms with Crippen molar-refractivity contribution >= 4 is 12.0 Å². The Kier molecular flexibility index (Phi) is 9.06.